The van der Waals surface area contributed by atoms with Gasteiger partial charge < -0.3 is 15.2 Å². The van der Waals surface area contributed by atoms with Crippen LogP contribution in [-0.2, 0) is 5.54 Å². The summed E-state index contributed by atoms with van der Waals surface area (Å²) >= 11 is 6.56. The van der Waals surface area contributed by atoms with Gasteiger partial charge in [0, 0.05) is 48.7 Å². The van der Waals surface area contributed by atoms with E-state index in [4.69, 9.17) is 11.6 Å². The molecule has 1 atom stereocenters. The molecular formula is C19H21ClN4. The minimum absolute atomic E-state index is 0.382. The first-order valence-electron chi connectivity index (χ1n) is 8.33. The van der Waals surface area contributed by atoms with E-state index in [2.05, 4.69) is 45.5 Å². The molecule has 2 aromatic rings. The van der Waals surface area contributed by atoms with Crippen LogP contribution in [0.3, 0.4) is 0 Å². The number of imidazole rings is 1. The van der Waals surface area contributed by atoms with E-state index in [-0.39, 0.29) is 5.54 Å². The first-order valence-corrected chi connectivity index (χ1v) is 8.71. The predicted octanol–water partition coefficient (Wildman–Crippen LogP) is 4.31. The molecule has 0 fully saturated rings. The zero-order chi connectivity index (χ0) is 16.6. The Labute approximate surface area is 147 Å². The van der Waals surface area contributed by atoms with Crippen LogP contribution >= 0.6 is 11.6 Å². The SMILES string of the molecule is CN1CCCC2=C1C=CC(Nc1ncc[nH]1)(c1ccccc1Cl)C2. The molecule has 2 aliphatic rings. The highest BCUT2D eigenvalue weighted by atomic mass is 35.5. The molecule has 0 saturated carbocycles. The smallest absolute Gasteiger partial charge is 0.201 e. The number of halogens is 1. The van der Waals surface area contributed by atoms with Crippen molar-refractivity contribution in [2.24, 2.45) is 0 Å². The lowest BCUT2D eigenvalue weighted by Crippen LogP contribution is -2.39. The van der Waals surface area contributed by atoms with Crippen molar-refractivity contribution in [2.45, 2.75) is 24.8 Å². The van der Waals surface area contributed by atoms with Crippen LogP contribution in [0, 0.1) is 0 Å². The van der Waals surface area contributed by atoms with Gasteiger partial charge in [0.1, 0.15) is 0 Å². The monoisotopic (exact) mass is 340 g/mol. The third-order valence-corrected chi connectivity index (χ3v) is 5.29. The number of H-pyrrole nitrogens is 1. The number of benzene rings is 1. The summed E-state index contributed by atoms with van der Waals surface area (Å²) in [5.74, 6) is 0.757. The number of anilines is 1. The Morgan fingerprint density at radius 2 is 2.21 bits per heavy atom. The third kappa shape index (κ3) is 2.61. The fraction of sp³-hybridized carbons (Fsp3) is 0.316. The quantitative estimate of drug-likeness (QED) is 0.875. The number of aromatic amines is 1. The van der Waals surface area contributed by atoms with Gasteiger partial charge in [-0.2, -0.15) is 0 Å². The first-order chi connectivity index (χ1) is 11.7. The van der Waals surface area contributed by atoms with Gasteiger partial charge in [-0.3, -0.25) is 0 Å². The van der Waals surface area contributed by atoms with Crippen LogP contribution < -0.4 is 5.32 Å². The van der Waals surface area contributed by atoms with Gasteiger partial charge in [-0.25, -0.2) is 4.98 Å². The molecule has 24 heavy (non-hydrogen) atoms. The summed E-state index contributed by atoms with van der Waals surface area (Å²) in [4.78, 5) is 9.86. The number of nitrogens with zero attached hydrogens (tertiary/aromatic N) is 2. The minimum atomic E-state index is -0.382. The normalized spacial score (nSPS) is 23.3. The highest BCUT2D eigenvalue weighted by molar-refractivity contribution is 6.31. The highest BCUT2D eigenvalue weighted by Gasteiger charge is 2.37. The van der Waals surface area contributed by atoms with Crippen molar-refractivity contribution in [1.82, 2.24) is 14.9 Å². The molecule has 1 aliphatic carbocycles. The third-order valence-electron chi connectivity index (χ3n) is 4.96. The van der Waals surface area contributed by atoms with Gasteiger partial charge in [0.05, 0.1) is 5.54 Å². The Kier molecular flexibility index (Phi) is 3.85. The molecule has 1 unspecified atom stereocenters. The zero-order valence-electron chi connectivity index (χ0n) is 13.7. The number of hydrogen-bond acceptors (Lipinski definition) is 3. The van der Waals surface area contributed by atoms with Crippen LogP contribution in [0.5, 0.6) is 0 Å². The van der Waals surface area contributed by atoms with Gasteiger partial charge >= 0.3 is 0 Å². The maximum absolute atomic E-state index is 6.56. The molecule has 2 heterocycles. The molecule has 1 aromatic carbocycles. The van der Waals surface area contributed by atoms with Crippen molar-refractivity contribution in [1.29, 1.82) is 0 Å². The maximum Gasteiger partial charge on any atom is 0.201 e. The molecule has 2 N–H and O–H groups in total. The van der Waals surface area contributed by atoms with Crippen LogP contribution in [0.15, 0.2) is 60.1 Å². The van der Waals surface area contributed by atoms with Crippen LogP contribution in [0.25, 0.3) is 0 Å². The summed E-state index contributed by atoms with van der Waals surface area (Å²) in [5.41, 5.74) is 3.53. The summed E-state index contributed by atoms with van der Waals surface area (Å²) < 4.78 is 0. The second-order valence-corrected chi connectivity index (χ2v) is 6.95. The largest absolute Gasteiger partial charge is 0.375 e. The van der Waals surface area contributed by atoms with Crippen molar-refractivity contribution < 1.29 is 0 Å². The number of aromatic nitrogens is 2. The summed E-state index contributed by atoms with van der Waals surface area (Å²) in [6, 6.07) is 8.06. The standard InChI is InChI=1S/C19H21ClN4/c1-24-12-4-5-14-13-19(9-8-17(14)24,23-18-21-10-11-22-18)15-6-2-3-7-16(15)20/h2-3,6-11H,4-5,12-13H2,1H3,(H2,21,22,23). The van der Waals surface area contributed by atoms with E-state index >= 15 is 0 Å². The summed E-state index contributed by atoms with van der Waals surface area (Å²) in [6.45, 7) is 1.12. The van der Waals surface area contributed by atoms with Crippen molar-refractivity contribution in [2.75, 3.05) is 18.9 Å². The first kappa shape index (κ1) is 15.3. The maximum atomic E-state index is 6.56. The molecule has 0 saturated heterocycles. The molecular weight excluding hydrogens is 320 g/mol. The number of allylic oxidation sites excluding steroid dienone is 1. The lowest BCUT2D eigenvalue weighted by atomic mass is 9.77. The van der Waals surface area contributed by atoms with Gasteiger partial charge in [0.25, 0.3) is 0 Å². The Morgan fingerprint density at radius 1 is 1.33 bits per heavy atom. The second-order valence-electron chi connectivity index (χ2n) is 6.54. The number of rotatable bonds is 3. The number of hydrogen-bond donors (Lipinski definition) is 2. The topological polar surface area (TPSA) is 44.0 Å². The van der Waals surface area contributed by atoms with Crippen molar-refractivity contribution in [3.05, 3.63) is 70.7 Å². The van der Waals surface area contributed by atoms with E-state index in [1.807, 2.05) is 24.4 Å². The summed E-state index contributed by atoms with van der Waals surface area (Å²) in [7, 11) is 2.17. The molecule has 4 nitrogen and oxygen atoms in total. The molecule has 0 spiro atoms. The van der Waals surface area contributed by atoms with Crippen LogP contribution in [0.4, 0.5) is 5.95 Å². The predicted molar refractivity (Wildman–Crippen MR) is 98.0 cm³/mol. The molecule has 0 radical (unpaired) electrons. The highest BCUT2D eigenvalue weighted by Crippen LogP contribution is 2.43. The molecule has 0 amide bonds. The molecule has 1 aromatic heterocycles. The fourth-order valence-corrected chi connectivity index (χ4v) is 4.10. The molecule has 4 rings (SSSR count). The minimum Gasteiger partial charge on any atom is -0.375 e. The van der Waals surface area contributed by atoms with Crippen molar-refractivity contribution >= 4 is 17.5 Å². The average Bonchev–Trinajstić information content (AvgIpc) is 3.08. The Bertz CT molecular complexity index is 793. The molecule has 5 heteroatoms. The van der Waals surface area contributed by atoms with E-state index < -0.39 is 0 Å². The fourth-order valence-electron chi connectivity index (χ4n) is 3.79. The van der Waals surface area contributed by atoms with Gasteiger partial charge in [-0.15, -0.1) is 0 Å². The van der Waals surface area contributed by atoms with E-state index in [1.165, 1.54) is 17.7 Å². The summed E-state index contributed by atoms with van der Waals surface area (Å²) in [5, 5.41) is 4.36. The van der Waals surface area contributed by atoms with E-state index in [0.29, 0.717) is 0 Å². The molecule has 1 aliphatic heterocycles. The van der Waals surface area contributed by atoms with E-state index in [1.54, 1.807) is 6.20 Å². The Morgan fingerprint density at radius 3 is 3.00 bits per heavy atom. The van der Waals surface area contributed by atoms with Gasteiger partial charge in [-0.05, 0) is 30.6 Å². The Hall–Kier alpha value is -2.20. The van der Waals surface area contributed by atoms with Gasteiger partial charge in [0.15, 0.2) is 0 Å². The van der Waals surface area contributed by atoms with Crippen LogP contribution in [-0.4, -0.2) is 28.5 Å². The van der Waals surface area contributed by atoms with Gasteiger partial charge in [0.2, 0.25) is 5.95 Å². The zero-order valence-corrected chi connectivity index (χ0v) is 14.5. The number of likely N-dealkylation sites (N-methyl/N-ethyl adjacent to an activating group) is 1. The van der Waals surface area contributed by atoms with Crippen LogP contribution in [0.2, 0.25) is 5.02 Å². The average molecular weight is 341 g/mol. The molecule has 124 valence electrons. The number of nitrogens with one attached hydrogen (secondary N) is 2. The van der Waals surface area contributed by atoms with Crippen molar-refractivity contribution in [3.63, 3.8) is 0 Å². The second kappa shape index (κ2) is 6.02. The van der Waals surface area contributed by atoms with E-state index in [0.717, 1.165) is 35.9 Å². The van der Waals surface area contributed by atoms with Crippen molar-refractivity contribution in [3.8, 4) is 0 Å². The molecule has 0 bridgehead atoms. The lowest BCUT2D eigenvalue weighted by Gasteiger charge is -2.40. The van der Waals surface area contributed by atoms with Crippen LogP contribution in [0.1, 0.15) is 24.8 Å². The Balaban J connectivity index is 1.79. The van der Waals surface area contributed by atoms with Gasteiger partial charge in [-0.1, -0.05) is 35.9 Å². The lowest BCUT2D eigenvalue weighted by molar-refractivity contribution is 0.372. The summed E-state index contributed by atoms with van der Waals surface area (Å²) in [6.07, 6.45) is 11.3. The van der Waals surface area contributed by atoms with E-state index in [9.17, 15) is 0 Å².